The molecule has 0 saturated carbocycles. The molecule has 2 aromatic carbocycles. The zero-order valence-electron chi connectivity index (χ0n) is 14.3. The second-order valence-electron chi connectivity index (χ2n) is 5.94. The number of urea groups is 1. The molecule has 3 amide bonds. The highest BCUT2D eigenvalue weighted by Gasteiger charge is 2.30. The van der Waals surface area contributed by atoms with Crippen LogP contribution in [0.25, 0.3) is 0 Å². The molecule has 0 fully saturated rings. The van der Waals surface area contributed by atoms with E-state index in [4.69, 9.17) is 4.74 Å². The first kappa shape index (κ1) is 18.6. The van der Waals surface area contributed by atoms with Gasteiger partial charge in [0.1, 0.15) is 12.4 Å². The lowest BCUT2D eigenvalue weighted by molar-refractivity contribution is -0.137. The van der Waals surface area contributed by atoms with Crippen molar-refractivity contribution in [3.63, 3.8) is 0 Å². The van der Waals surface area contributed by atoms with Crippen molar-refractivity contribution < 1.29 is 27.5 Å². The van der Waals surface area contributed by atoms with E-state index in [0.717, 1.165) is 12.1 Å². The van der Waals surface area contributed by atoms with Gasteiger partial charge in [-0.05, 0) is 36.4 Å². The van der Waals surface area contributed by atoms with Gasteiger partial charge in [0.25, 0.3) is 5.91 Å². The first-order valence-corrected chi connectivity index (χ1v) is 8.01. The van der Waals surface area contributed by atoms with Crippen molar-refractivity contribution in [2.24, 2.45) is 0 Å². The lowest BCUT2D eigenvalue weighted by atomic mass is 10.1. The molecule has 0 aliphatic carbocycles. The van der Waals surface area contributed by atoms with Gasteiger partial charge in [-0.2, -0.15) is 13.2 Å². The Balaban J connectivity index is 1.74. The Bertz CT molecular complexity index is 884. The Morgan fingerprint density at radius 1 is 1.11 bits per heavy atom. The third kappa shape index (κ3) is 4.30. The molecule has 0 spiro atoms. The van der Waals surface area contributed by atoms with Gasteiger partial charge in [-0.25, -0.2) is 4.79 Å². The van der Waals surface area contributed by atoms with Gasteiger partial charge in [-0.15, -0.1) is 0 Å². The minimum absolute atomic E-state index is 0.00349. The Labute approximate surface area is 152 Å². The smallest absolute Gasteiger partial charge is 0.416 e. The molecule has 2 aromatic rings. The molecule has 0 unspecified atom stereocenters. The summed E-state index contributed by atoms with van der Waals surface area (Å²) in [6.45, 7) is 0.796. The molecule has 0 saturated heterocycles. The summed E-state index contributed by atoms with van der Waals surface area (Å²) in [5.74, 6) is 0.164. The van der Waals surface area contributed by atoms with Crippen LogP contribution in [0.5, 0.6) is 5.75 Å². The fourth-order valence-electron chi connectivity index (χ4n) is 2.57. The van der Waals surface area contributed by atoms with Crippen molar-refractivity contribution >= 4 is 23.3 Å². The molecule has 0 atom stereocenters. The number of hydrogen-bond acceptors (Lipinski definition) is 3. The molecular formula is C18H16F3N3O3. The van der Waals surface area contributed by atoms with Crippen LogP contribution in [-0.2, 0) is 6.18 Å². The van der Waals surface area contributed by atoms with Crippen molar-refractivity contribution in [3.8, 4) is 5.75 Å². The van der Waals surface area contributed by atoms with Crippen molar-refractivity contribution in [1.82, 2.24) is 4.90 Å². The third-order valence-electron chi connectivity index (χ3n) is 3.95. The van der Waals surface area contributed by atoms with E-state index in [1.807, 2.05) is 0 Å². The summed E-state index contributed by atoms with van der Waals surface area (Å²) < 4.78 is 43.7. The standard InChI is InChI=1S/C18H16F3N3O3/c1-24-7-8-27-15-6-5-13(10-14(15)16(24)25)23-17(26)22-12-4-2-3-11(9-12)18(19,20)21/h2-6,9-10H,7-8H2,1H3,(H2,22,23,26). The van der Waals surface area contributed by atoms with Gasteiger partial charge in [0, 0.05) is 18.4 Å². The van der Waals surface area contributed by atoms with E-state index in [2.05, 4.69) is 10.6 Å². The molecular weight excluding hydrogens is 363 g/mol. The van der Waals surface area contributed by atoms with Crippen LogP contribution < -0.4 is 15.4 Å². The lowest BCUT2D eigenvalue weighted by Gasteiger charge is -2.14. The van der Waals surface area contributed by atoms with Crippen molar-refractivity contribution in [2.75, 3.05) is 30.8 Å². The number of nitrogens with one attached hydrogen (secondary N) is 2. The molecule has 27 heavy (non-hydrogen) atoms. The predicted molar refractivity (Wildman–Crippen MR) is 93.0 cm³/mol. The van der Waals surface area contributed by atoms with Crippen LogP contribution in [0.2, 0.25) is 0 Å². The number of ether oxygens (including phenoxy) is 1. The number of alkyl halides is 3. The number of halogens is 3. The lowest BCUT2D eigenvalue weighted by Crippen LogP contribution is -2.28. The van der Waals surface area contributed by atoms with Crippen LogP contribution in [0.15, 0.2) is 42.5 Å². The molecule has 3 rings (SSSR count). The molecule has 0 radical (unpaired) electrons. The van der Waals surface area contributed by atoms with E-state index in [9.17, 15) is 22.8 Å². The number of rotatable bonds is 2. The number of anilines is 2. The third-order valence-corrected chi connectivity index (χ3v) is 3.95. The summed E-state index contributed by atoms with van der Waals surface area (Å²) in [7, 11) is 1.64. The zero-order valence-corrected chi connectivity index (χ0v) is 14.3. The van der Waals surface area contributed by atoms with Crippen LogP contribution in [0, 0.1) is 0 Å². The molecule has 1 heterocycles. The Kier molecular flexibility index (Phi) is 4.93. The maximum Gasteiger partial charge on any atom is 0.416 e. The fraction of sp³-hybridized carbons (Fsp3) is 0.222. The highest BCUT2D eigenvalue weighted by molar-refractivity contribution is 6.02. The molecule has 1 aliphatic rings. The van der Waals surface area contributed by atoms with Gasteiger partial charge in [0.05, 0.1) is 17.7 Å². The summed E-state index contributed by atoms with van der Waals surface area (Å²) in [5.41, 5.74) is -0.260. The minimum Gasteiger partial charge on any atom is -0.491 e. The summed E-state index contributed by atoms with van der Waals surface area (Å²) in [6.07, 6.45) is -4.50. The zero-order chi connectivity index (χ0) is 19.6. The van der Waals surface area contributed by atoms with E-state index in [1.165, 1.54) is 23.1 Å². The summed E-state index contributed by atoms with van der Waals surface area (Å²) in [4.78, 5) is 25.9. The maximum absolute atomic E-state index is 12.7. The van der Waals surface area contributed by atoms with E-state index in [-0.39, 0.29) is 11.6 Å². The molecule has 0 aromatic heterocycles. The first-order valence-electron chi connectivity index (χ1n) is 8.01. The Morgan fingerprint density at radius 3 is 2.52 bits per heavy atom. The topological polar surface area (TPSA) is 70.7 Å². The molecule has 1 aliphatic heterocycles. The number of nitrogens with zero attached hydrogens (tertiary/aromatic N) is 1. The average molecular weight is 379 g/mol. The molecule has 142 valence electrons. The van der Waals surface area contributed by atoms with Gasteiger partial charge >= 0.3 is 12.2 Å². The van der Waals surface area contributed by atoms with Crippen molar-refractivity contribution in [1.29, 1.82) is 0 Å². The number of benzene rings is 2. The van der Waals surface area contributed by atoms with Gasteiger partial charge in [0.15, 0.2) is 0 Å². The predicted octanol–water partition coefficient (Wildman–Crippen LogP) is 3.81. The van der Waals surface area contributed by atoms with Crippen LogP contribution in [0.4, 0.5) is 29.3 Å². The second-order valence-corrected chi connectivity index (χ2v) is 5.94. The first-order chi connectivity index (χ1) is 12.7. The summed E-state index contributed by atoms with van der Waals surface area (Å²) in [5, 5.41) is 4.84. The number of carbonyl (C=O) groups excluding carboxylic acids is 2. The van der Waals surface area contributed by atoms with Crippen molar-refractivity contribution in [2.45, 2.75) is 6.18 Å². The van der Waals surface area contributed by atoms with Crippen LogP contribution in [0.3, 0.4) is 0 Å². The van der Waals surface area contributed by atoms with E-state index in [0.29, 0.717) is 30.2 Å². The maximum atomic E-state index is 12.7. The monoisotopic (exact) mass is 379 g/mol. The normalized spacial score (nSPS) is 14.1. The SMILES string of the molecule is CN1CCOc2ccc(NC(=O)Nc3cccc(C(F)(F)F)c3)cc2C1=O. The van der Waals surface area contributed by atoms with Crippen molar-refractivity contribution in [3.05, 3.63) is 53.6 Å². The highest BCUT2D eigenvalue weighted by Crippen LogP contribution is 2.31. The Morgan fingerprint density at radius 2 is 1.81 bits per heavy atom. The number of amides is 3. The quantitative estimate of drug-likeness (QED) is 0.834. The minimum atomic E-state index is -4.50. The van der Waals surface area contributed by atoms with Crippen LogP contribution in [-0.4, -0.2) is 37.0 Å². The molecule has 2 N–H and O–H groups in total. The molecule has 9 heteroatoms. The van der Waals surface area contributed by atoms with Crippen LogP contribution >= 0.6 is 0 Å². The summed E-state index contributed by atoms with van der Waals surface area (Å²) >= 11 is 0. The molecule has 0 bridgehead atoms. The average Bonchev–Trinajstić information content (AvgIpc) is 2.74. The fourth-order valence-corrected chi connectivity index (χ4v) is 2.57. The number of carbonyl (C=O) groups is 2. The van der Waals surface area contributed by atoms with Gasteiger partial charge < -0.3 is 20.3 Å². The van der Waals surface area contributed by atoms with E-state index in [1.54, 1.807) is 19.2 Å². The van der Waals surface area contributed by atoms with Gasteiger partial charge in [-0.3, -0.25) is 4.79 Å². The molecule has 6 nitrogen and oxygen atoms in total. The van der Waals surface area contributed by atoms with E-state index >= 15 is 0 Å². The summed E-state index contributed by atoms with van der Waals surface area (Å²) in [6, 6.07) is 8.14. The highest BCUT2D eigenvalue weighted by atomic mass is 19.4. The number of hydrogen-bond donors (Lipinski definition) is 2. The van der Waals surface area contributed by atoms with Gasteiger partial charge in [0.2, 0.25) is 0 Å². The Hall–Kier alpha value is -3.23. The van der Waals surface area contributed by atoms with Gasteiger partial charge in [-0.1, -0.05) is 6.07 Å². The number of likely N-dealkylation sites (N-methyl/N-ethyl adjacent to an activating group) is 1. The number of fused-ring (bicyclic) bond motifs is 1. The largest absolute Gasteiger partial charge is 0.491 e. The van der Waals surface area contributed by atoms with E-state index < -0.39 is 17.8 Å². The van der Waals surface area contributed by atoms with Crippen LogP contribution in [0.1, 0.15) is 15.9 Å². The second kappa shape index (κ2) is 7.18.